The monoisotopic (exact) mass is 237 g/mol. The molecule has 0 spiro atoms. The maximum absolute atomic E-state index is 8.63. The molecule has 7 heteroatoms. The molecule has 5 nitrogen and oxygen atoms in total. The number of pyridine rings is 1. The summed E-state index contributed by atoms with van der Waals surface area (Å²) in [7, 11) is 0. The molecule has 0 atom stereocenters. The number of aromatic nitrogens is 4. The van der Waals surface area contributed by atoms with Crippen molar-refractivity contribution in [3.63, 3.8) is 0 Å². The van der Waals surface area contributed by atoms with Crippen LogP contribution in [0.3, 0.4) is 0 Å². The van der Waals surface area contributed by atoms with Crippen molar-refractivity contribution in [1.82, 2.24) is 20.4 Å². The van der Waals surface area contributed by atoms with Crippen molar-refractivity contribution in [1.29, 1.82) is 5.26 Å². The summed E-state index contributed by atoms with van der Waals surface area (Å²) in [5.74, 6) is 0. The fourth-order valence-electron chi connectivity index (χ4n) is 0.901. The lowest BCUT2D eigenvalue weighted by molar-refractivity contribution is 0.910. The first-order valence-corrected chi connectivity index (χ1v) is 5.08. The molecule has 15 heavy (non-hydrogen) atoms. The van der Waals surface area contributed by atoms with E-state index < -0.39 is 0 Å². The van der Waals surface area contributed by atoms with Crippen LogP contribution in [0.2, 0.25) is 5.02 Å². The summed E-state index contributed by atoms with van der Waals surface area (Å²) in [6, 6.07) is 3.53. The lowest BCUT2D eigenvalue weighted by Gasteiger charge is -1.99. The largest absolute Gasteiger partial charge is 0.247 e. The van der Waals surface area contributed by atoms with E-state index in [9.17, 15) is 0 Å². The molecule has 0 radical (unpaired) electrons. The van der Waals surface area contributed by atoms with Crippen molar-refractivity contribution >= 4 is 23.4 Å². The van der Waals surface area contributed by atoms with Crippen molar-refractivity contribution in [3.05, 3.63) is 29.0 Å². The van der Waals surface area contributed by atoms with E-state index in [0.717, 1.165) is 0 Å². The highest BCUT2D eigenvalue weighted by molar-refractivity contribution is 7.99. The van der Waals surface area contributed by atoms with Gasteiger partial charge in [-0.2, -0.15) is 15.6 Å². The minimum Gasteiger partial charge on any atom is -0.247 e. The molecule has 2 aromatic heterocycles. The zero-order chi connectivity index (χ0) is 10.7. The smallest absolute Gasteiger partial charge is 0.144 e. The molecule has 74 valence electrons. The second-order valence-corrected chi connectivity index (χ2v) is 3.95. The summed E-state index contributed by atoms with van der Waals surface area (Å²) in [5.41, 5.74) is 0.435. The van der Waals surface area contributed by atoms with E-state index >= 15 is 0 Å². The molecule has 2 rings (SSSR count). The van der Waals surface area contributed by atoms with Gasteiger partial charge in [0.05, 0.1) is 16.8 Å². The van der Waals surface area contributed by atoms with Crippen LogP contribution < -0.4 is 0 Å². The Bertz CT molecular complexity index is 504. The van der Waals surface area contributed by atoms with Crippen LogP contribution in [0.4, 0.5) is 0 Å². The number of nitriles is 1. The Balaban J connectivity index is 2.27. The maximum atomic E-state index is 8.63. The van der Waals surface area contributed by atoms with Gasteiger partial charge in [0.2, 0.25) is 0 Å². The van der Waals surface area contributed by atoms with Crippen LogP contribution in [0, 0.1) is 11.3 Å². The molecule has 0 amide bonds. The molecule has 0 aliphatic rings. The van der Waals surface area contributed by atoms with Gasteiger partial charge in [0.1, 0.15) is 16.1 Å². The van der Waals surface area contributed by atoms with Crippen LogP contribution in [-0.4, -0.2) is 20.4 Å². The van der Waals surface area contributed by atoms with E-state index in [-0.39, 0.29) is 0 Å². The molecular weight excluding hydrogens is 234 g/mol. The second-order valence-electron chi connectivity index (χ2n) is 2.53. The van der Waals surface area contributed by atoms with Gasteiger partial charge >= 0.3 is 0 Å². The van der Waals surface area contributed by atoms with Crippen LogP contribution in [0.25, 0.3) is 0 Å². The predicted octanol–water partition coefficient (Wildman–Crippen LogP) is 1.88. The summed E-state index contributed by atoms with van der Waals surface area (Å²) < 4.78 is 0. The van der Waals surface area contributed by atoms with Crippen LogP contribution in [0.15, 0.2) is 28.5 Å². The van der Waals surface area contributed by atoms with Crippen LogP contribution in [0.1, 0.15) is 5.56 Å². The highest BCUT2D eigenvalue weighted by Gasteiger charge is 2.07. The summed E-state index contributed by atoms with van der Waals surface area (Å²) >= 11 is 7.21. The standard InChI is InChI=1S/C8H4ClN5S/c9-6-1-5(2-10)3-11-8(6)15-7-4-12-14-13-7/h1,3-4H,(H,12,13,14). The number of hydrogen-bond donors (Lipinski definition) is 1. The normalized spacial score (nSPS) is 9.87. The van der Waals surface area contributed by atoms with Gasteiger partial charge in [-0.3, -0.25) is 0 Å². The molecule has 0 saturated carbocycles. The van der Waals surface area contributed by atoms with Crippen molar-refractivity contribution < 1.29 is 0 Å². The molecule has 0 aliphatic carbocycles. The highest BCUT2D eigenvalue weighted by Crippen LogP contribution is 2.29. The fourth-order valence-corrected chi connectivity index (χ4v) is 1.83. The molecule has 0 fully saturated rings. The summed E-state index contributed by atoms with van der Waals surface area (Å²) in [6.45, 7) is 0. The van der Waals surface area contributed by atoms with Crippen LogP contribution >= 0.6 is 23.4 Å². The van der Waals surface area contributed by atoms with Gasteiger partial charge in [0, 0.05) is 6.20 Å². The average Bonchev–Trinajstić information content (AvgIpc) is 2.74. The Morgan fingerprint density at radius 3 is 2.93 bits per heavy atom. The van der Waals surface area contributed by atoms with Gasteiger partial charge in [0.15, 0.2) is 0 Å². The van der Waals surface area contributed by atoms with E-state index in [1.165, 1.54) is 18.0 Å². The first kappa shape index (κ1) is 9.96. The van der Waals surface area contributed by atoms with Crippen molar-refractivity contribution in [2.45, 2.75) is 10.1 Å². The van der Waals surface area contributed by atoms with Crippen LogP contribution in [-0.2, 0) is 0 Å². The third-order valence-electron chi connectivity index (χ3n) is 1.53. The SMILES string of the molecule is N#Cc1cnc(Sc2cn[nH]n2)c(Cl)c1. The average molecular weight is 238 g/mol. The van der Waals surface area contributed by atoms with Crippen molar-refractivity contribution in [2.75, 3.05) is 0 Å². The van der Waals surface area contributed by atoms with E-state index in [0.29, 0.717) is 20.6 Å². The Morgan fingerprint density at radius 2 is 2.33 bits per heavy atom. The zero-order valence-corrected chi connectivity index (χ0v) is 8.88. The molecule has 0 bridgehead atoms. The second kappa shape index (κ2) is 4.29. The minimum absolute atomic E-state index is 0.432. The predicted molar refractivity (Wildman–Crippen MR) is 54.5 cm³/mol. The minimum atomic E-state index is 0.432. The van der Waals surface area contributed by atoms with E-state index in [4.69, 9.17) is 16.9 Å². The van der Waals surface area contributed by atoms with Gasteiger partial charge in [0.25, 0.3) is 0 Å². The summed E-state index contributed by atoms with van der Waals surface area (Å²) in [6.07, 6.45) is 3.04. The maximum Gasteiger partial charge on any atom is 0.144 e. The molecule has 0 unspecified atom stereocenters. The molecule has 0 aromatic carbocycles. The molecule has 0 saturated heterocycles. The number of aromatic amines is 1. The van der Waals surface area contributed by atoms with Crippen molar-refractivity contribution in [3.8, 4) is 6.07 Å². The fraction of sp³-hybridized carbons (Fsp3) is 0. The van der Waals surface area contributed by atoms with Crippen LogP contribution in [0.5, 0.6) is 0 Å². The highest BCUT2D eigenvalue weighted by atomic mass is 35.5. The lowest BCUT2D eigenvalue weighted by atomic mass is 10.3. The zero-order valence-electron chi connectivity index (χ0n) is 7.31. The van der Waals surface area contributed by atoms with Gasteiger partial charge in [-0.05, 0) is 17.8 Å². The Labute approximate surface area is 94.5 Å². The third-order valence-corrected chi connectivity index (χ3v) is 2.86. The summed E-state index contributed by atoms with van der Waals surface area (Å²) in [4.78, 5) is 4.05. The Hall–Kier alpha value is -1.58. The van der Waals surface area contributed by atoms with Crippen molar-refractivity contribution in [2.24, 2.45) is 0 Å². The Morgan fingerprint density at radius 1 is 1.47 bits per heavy atom. The lowest BCUT2D eigenvalue weighted by Crippen LogP contribution is -1.84. The number of hydrogen-bond acceptors (Lipinski definition) is 5. The van der Waals surface area contributed by atoms with Gasteiger partial charge in [-0.25, -0.2) is 4.98 Å². The summed E-state index contributed by atoms with van der Waals surface area (Å²) in [5, 5.41) is 20.3. The third kappa shape index (κ3) is 2.26. The number of rotatable bonds is 2. The number of H-pyrrole nitrogens is 1. The number of halogens is 1. The van der Waals surface area contributed by atoms with E-state index in [1.54, 1.807) is 12.3 Å². The number of nitrogens with zero attached hydrogens (tertiary/aromatic N) is 4. The van der Waals surface area contributed by atoms with Gasteiger partial charge in [-0.15, -0.1) is 5.10 Å². The molecule has 2 aromatic rings. The molecule has 0 aliphatic heterocycles. The molecular formula is C8H4ClN5S. The first-order valence-electron chi connectivity index (χ1n) is 3.89. The molecule has 1 N–H and O–H groups in total. The van der Waals surface area contributed by atoms with Gasteiger partial charge < -0.3 is 0 Å². The Kier molecular flexibility index (Phi) is 2.85. The van der Waals surface area contributed by atoms with E-state index in [1.807, 2.05) is 6.07 Å². The topological polar surface area (TPSA) is 78.2 Å². The van der Waals surface area contributed by atoms with E-state index in [2.05, 4.69) is 20.4 Å². The number of nitrogens with one attached hydrogen (secondary N) is 1. The molecule has 2 heterocycles. The first-order chi connectivity index (χ1) is 7.29. The van der Waals surface area contributed by atoms with Gasteiger partial charge in [-0.1, -0.05) is 11.6 Å². The quantitative estimate of drug-likeness (QED) is 0.863.